The molecule has 2 rings (SSSR count). The van der Waals surface area contributed by atoms with Gasteiger partial charge in [0.1, 0.15) is 12.4 Å². The molecule has 0 radical (unpaired) electrons. The standard InChI is InChI=1S/C19H31N3O2.2ClH/c1-4-22(5-2)10-11-24-18-8-6-16(7-9-18)12-21-19(23)15(3)17-13-20-14-17;;/h6-9,15,17,20H,4-5,10-14H2,1-3H3,(H,21,23);2*1H. The predicted octanol–water partition coefficient (Wildman–Crippen LogP) is 2.72. The molecule has 1 unspecified atom stereocenters. The van der Waals surface area contributed by atoms with Crippen molar-refractivity contribution in [1.82, 2.24) is 15.5 Å². The second-order valence-corrected chi connectivity index (χ2v) is 6.44. The third kappa shape index (κ3) is 7.70. The lowest BCUT2D eigenvalue weighted by Gasteiger charge is -2.31. The number of hydrogen-bond acceptors (Lipinski definition) is 4. The average Bonchev–Trinajstić information content (AvgIpc) is 2.56. The highest BCUT2D eigenvalue weighted by atomic mass is 35.5. The molecule has 1 aliphatic rings. The molecule has 0 spiro atoms. The third-order valence-corrected chi connectivity index (χ3v) is 4.89. The lowest BCUT2D eigenvalue weighted by molar-refractivity contribution is -0.126. The van der Waals surface area contributed by atoms with Crippen LogP contribution in [0.25, 0.3) is 0 Å². The lowest BCUT2D eigenvalue weighted by Crippen LogP contribution is -2.49. The molecule has 0 saturated carbocycles. The quantitative estimate of drug-likeness (QED) is 0.628. The maximum atomic E-state index is 12.1. The number of benzene rings is 1. The number of hydrogen-bond donors (Lipinski definition) is 2. The van der Waals surface area contributed by atoms with E-state index in [1.165, 1.54) is 0 Å². The van der Waals surface area contributed by atoms with E-state index in [1.54, 1.807) is 0 Å². The summed E-state index contributed by atoms with van der Waals surface area (Å²) in [6.07, 6.45) is 0. The first-order valence-electron chi connectivity index (χ1n) is 9.06. The van der Waals surface area contributed by atoms with Gasteiger partial charge in [-0.25, -0.2) is 0 Å². The van der Waals surface area contributed by atoms with Crippen molar-refractivity contribution < 1.29 is 9.53 Å². The van der Waals surface area contributed by atoms with E-state index in [0.717, 1.165) is 44.0 Å². The Morgan fingerprint density at radius 2 is 1.85 bits per heavy atom. The summed E-state index contributed by atoms with van der Waals surface area (Å²) < 4.78 is 5.78. The topological polar surface area (TPSA) is 53.6 Å². The summed E-state index contributed by atoms with van der Waals surface area (Å²) in [6, 6.07) is 7.98. The monoisotopic (exact) mass is 405 g/mol. The molecular formula is C19H33Cl2N3O2. The van der Waals surface area contributed by atoms with E-state index in [-0.39, 0.29) is 36.6 Å². The Kier molecular flexibility index (Phi) is 12.7. The van der Waals surface area contributed by atoms with Crippen LogP contribution in [-0.4, -0.2) is 50.1 Å². The smallest absolute Gasteiger partial charge is 0.223 e. The van der Waals surface area contributed by atoms with Gasteiger partial charge in [0.25, 0.3) is 0 Å². The molecule has 7 heteroatoms. The van der Waals surface area contributed by atoms with Gasteiger partial charge in [-0.1, -0.05) is 32.9 Å². The van der Waals surface area contributed by atoms with Crippen LogP contribution in [0, 0.1) is 11.8 Å². The van der Waals surface area contributed by atoms with Crippen molar-refractivity contribution in [1.29, 1.82) is 0 Å². The summed E-state index contributed by atoms with van der Waals surface area (Å²) in [7, 11) is 0. The van der Waals surface area contributed by atoms with Crippen LogP contribution >= 0.6 is 24.8 Å². The number of amides is 1. The number of ether oxygens (including phenoxy) is 1. The van der Waals surface area contributed by atoms with Gasteiger partial charge in [-0.3, -0.25) is 4.79 Å². The number of nitrogens with one attached hydrogen (secondary N) is 2. The highest BCUT2D eigenvalue weighted by Gasteiger charge is 2.28. The van der Waals surface area contributed by atoms with Gasteiger partial charge >= 0.3 is 0 Å². The fourth-order valence-electron chi connectivity index (χ4n) is 2.76. The fourth-order valence-corrected chi connectivity index (χ4v) is 2.76. The molecule has 26 heavy (non-hydrogen) atoms. The first-order chi connectivity index (χ1) is 11.6. The molecule has 1 amide bonds. The second kappa shape index (κ2) is 13.2. The van der Waals surface area contributed by atoms with Crippen LogP contribution in [0.5, 0.6) is 5.75 Å². The van der Waals surface area contributed by atoms with E-state index in [4.69, 9.17) is 4.74 Å². The normalized spacial score (nSPS) is 14.6. The van der Waals surface area contributed by atoms with Gasteiger partial charge in [-0.2, -0.15) is 0 Å². The van der Waals surface area contributed by atoms with E-state index in [2.05, 4.69) is 29.4 Å². The summed E-state index contributed by atoms with van der Waals surface area (Å²) in [5.41, 5.74) is 1.10. The lowest BCUT2D eigenvalue weighted by atomic mass is 9.88. The highest BCUT2D eigenvalue weighted by molar-refractivity contribution is 5.85. The van der Waals surface area contributed by atoms with Gasteiger partial charge in [0, 0.05) is 19.0 Å². The van der Waals surface area contributed by atoms with Crippen LogP contribution < -0.4 is 15.4 Å². The Morgan fingerprint density at radius 3 is 2.35 bits per heavy atom. The van der Waals surface area contributed by atoms with Crippen molar-refractivity contribution in [2.45, 2.75) is 27.3 Å². The predicted molar refractivity (Wildman–Crippen MR) is 112 cm³/mol. The van der Waals surface area contributed by atoms with Gasteiger partial charge in [0.2, 0.25) is 5.91 Å². The third-order valence-electron chi connectivity index (χ3n) is 4.89. The first-order valence-corrected chi connectivity index (χ1v) is 9.06. The van der Waals surface area contributed by atoms with Gasteiger partial charge in [-0.05, 0) is 49.8 Å². The Morgan fingerprint density at radius 1 is 1.23 bits per heavy atom. The van der Waals surface area contributed by atoms with E-state index in [9.17, 15) is 4.79 Å². The van der Waals surface area contributed by atoms with Gasteiger partial charge in [0.05, 0.1) is 0 Å². The number of nitrogens with zero attached hydrogens (tertiary/aromatic N) is 1. The van der Waals surface area contributed by atoms with Gasteiger partial charge in [-0.15, -0.1) is 24.8 Å². The van der Waals surface area contributed by atoms with Crippen LogP contribution in [-0.2, 0) is 11.3 Å². The minimum atomic E-state index is 0. The van der Waals surface area contributed by atoms with Crippen LogP contribution in [0.4, 0.5) is 0 Å². The van der Waals surface area contributed by atoms with Crippen molar-refractivity contribution in [2.75, 3.05) is 39.3 Å². The Labute approximate surface area is 170 Å². The average molecular weight is 406 g/mol. The minimum absolute atomic E-state index is 0. The molecule has 1 heterocycles. The molecule has 0 aliphatic carbocycles. The van der Waals surface area contributed by atoms with E-state index >= 15 is 0 Å². The fraction of sp³-hybridized carbons (Fsp3) is 0.632. The summed E-state index contributed by atoms with van der Waals surface area (Å²) in [6.45, 7) is 12.5. The molecule has 0 bridgehead atoms. The molecular weight excluding hydrogens is 373 g/mol. The molecule has 0 aromatic heterocycles. The van der Waals surface area contributed by atoms with Crippen molar-refractivity contribution in [3.8, 4) is 5.75 Å². The first kappa shape index (κ1) is 25.0. The van der Waals surface area contributed by atoms with Gasteiger partial charge < -0.3 is 20.3 Å². The van der Waals surface area contributed by atoms with Crippen LogP contribution in [0.15, 0.2) is 24.3 Å². The zero-order valence-corrected chi connectivity index (χ0v) is 17.6. The summed E-state index contributed by atoms with van der Waals surface area (Å²) >= 11 is 0. The molecule has 1 aromatic carbocycles. The van der Waals surface area contributed by atoms with Crippen molar-refractivity contribution in [3.63, 3.8) is 0 Å². The van der Waals surface area contributed by atoms with Crippen LogP contribution in [0.1, 0.15) is 26.3 Å². The molecule has 1 saturated heterocycles. The van der Waals surface area contributed by atoms with E-state index < -0.39 is 0 Å². The van der Waals surface area contributed by atoms with Crippen LogP contribution in [0.3, 0.4) is 0 Å². The zero-order valence-electron chi connectivity index (χ0n) is 16.0. The van der Waals surface area contributed by atoms with Crippen LogP contribution in [0.2, 0.25) is 0 Å². The highest BCUT2D eigenvalue weighted by Crippen LogP contribution is 2.16. The molecule has 1 aliphatic heterocycles. The van der Waals surface area contributed by atoms with Crippen molar-refractivity contribution in [2.24, 2.45) is 11.8 Å². The maximum Gasteiger partial charge on any atom is 0.223 e. The molecule has 2 N–H and O–H groups in total. The number of rotatable bonds is 10. The van der Waals surface area contributed by atoms with Crippen molar-refractivity contribution >= 4 is 30.7 Å². The summed E-state index contributed by atoms with van der Waals surface area (Å²) in [5.74, 6) is 1.58. The number of carbonyl (C=O) groups excluding carboxylic acids is 1. The Bertz CT molecular complexity index is 506. The molecule has 1 fully saturated rings. The summed E-state index contributed by atoms with van der Waals surface area (Å²) in [5, 5.41) is 6.24. The van der Waals surface area contributed by atoms with E-state index in [1.807, 2.05) is 31.2 Å². The SMILES string of the molecule is CCN(CC)CCOc1ccc(CNC(=O)C(C)C2CNC2)cc1.Cl.Cl. The number of likely N-dealkylation sites (N-methyl/N-ethyl adjacent to an activating group) is 1. The zero-order chi connectivity index (χ0) is 17.4. The molecule has 5 nitrogen and oxygen atoms in total. The Balaban J connectivity index is 0.00000312. The largest absolute Gasteiger partial charge is 0.492 e. The number of halogens is 2. The molecule has 150 valence electrons. The molecule has 1 atom stereocenters. The van der Waals surface area contributed by atoms with Gasteiger partial charge in [0.15, 0.2) is 0 Å². The minimum Gasteiger partial charge on any atom is -0.492 e. The maximum absolute atomic E-state index is 12.1. The summed E-state index contributed by atoms with van der Waals surface area (Å²) in [4.78, 5) is 14.4. The number of carbonyl (C=O) groups is 1. The van der Waals surface area contributed by atoms with E-state index in [0.29, 0.717) is 19.1 Å². The second-order valence-electron chi connectivity index (χ2n) is 6.44. The Hall–Kier alpha value is -1.01. The molecule has 1 aromatic rings. The van der Waals surface area contributed by atoms with Crippen molar-refractivity contribution in [3.05, 3.63) is 29.8 Å².